The summed E-state index contributed by atoms with van der Waals surface area (Å²) in [4.78, 5) is 82.0. The summed E-state index contributed by atoms with van der Waals surface area (Å²) in [6.45, 7) is 5.25. The van der Waals surface area contributed by atoms with E-state index in [-0.39, 0.29) is 34.7 Å². The monoisotopic (exact) mass is 1740 g/mol. The highest BCUT2D eigenvalue weighted by Crippen LogP contribution is 2.36. The largest absolute Gasteiger partial charge is 0.506 e. The molecule has 89 heavy (non-hydrogen) atoms. The zero-order valence-electron chi connectivity index (χ0n) is 47.7. The number of carbonyl (C=O) groups is 3. The summed E-state index contributed by atoms with van der Waals surface area (Å²) in [7, 11) is 8.92. The lowest BCUT2D eigenvalue weighted by Gasteiger charge is -2.25. The van der Waals surface area contributed by atoms with Gasteiger partial charge in [0.15, 0.2) is 21.9 Å². The van der Waals surface area contributed by atoms with Crippen LogP contribution in [0.5, 0.6) is 40.2 Å². The van der Waals surface area contributed by atoms with E-state index >= 15 is 0 Å². The highest BCUT2D eigenvalue weighted by atomic mass is 79.9. The Kier molecular flexibility index (Phi) is 32.3. The third kappa shape index (κ3) is 23.1. The minimum Gasteiger partial charge on any atom is -0.506 e. The first-order valence-corrected chi connectivity index (χ1v) is 31.3. The topological polar surface area (TPSA) is 343 Å². The summed E-state index contributed by atoms with van der Waals surface area (Å²) in [5.41, 5.74) is 2.66. The first-order chi connectivity index (χ1) is 42.5. The summed E-state index contributed by atoms with van der Waals surface area (Å²) in [5.74, 6) is 1.97. The van der Waals surface area contributed by atoms with Crippen LogP contribution in [0.2, 0.25) is 0 Å². The van der Waals surface area contributed by atoms with E-state index in [1.165, 1.54) is 38.9 Å². The molecule has 0 radical (unpaired) electrons. The van der Waals surface area contributed by atoms with E-state index < -0.39 is 16.7 Å². The molecule has 10 aromatic heterocycles. The Labute approximate surface area is 576 Å². The molecule has 1 aliphatic rings. The minimum atomic E-state index is -0.912. The van der Waals surface area contributed by atoms with Crippen LogP contribution in [0.15, 0.2) is 147 Å². The molecule has 34 heteroatoms. The number of methoxy groups -OCH3 is 6. The maximum atomic E-state index is 11.7. The molecule has 1 saturated heterocycles. The number of ketones is 1. The molecule has 6 N–H and O–H groups in total. The summed E-state index contributed by atoms with van der Waals surface area (Å²) < 4.78 is 34.4. The molecule has 11 heterocycles. The van der Waals surface area contributed by atoms with Gasteiger partial charge in [-0.3, -0.25) is 34.7 Å². The van der Waals surface area contributed by atoms with Crippen molar-refractivity contribution in [3.05, 3.63) is 163 Å². The number of nitrogens with zero attached hydrogens (tertiary/aromatic N) is 9. The fourth-order valence-electron chi connectivity index (χ4n) is 6.93. The van der Waals surface area contributed by atoms with Gasteiger partial charge in [0.05, 0.1) is 112 Å². The van der Waals surface area contributed by atoms with E-state index in [0.717, 1.165) is 81.5 Å². The average molecular weight is 1750 g/mol. The van der Waals surface area contributed by atoms with E-state index in [1.54, 1.807) is 77.3 Å². The zero-order chi connectivity index (χ0) is 65.7. The number of piperazine rings is 1. The summed E-state index contributed by atoms with van der Waals surface area (Å²) >= 11 is 25.4. The van der Waals surface area contributed by atoms with Crippen LogP contribution in [-0.2, 0) is 14.3 Å². The standard InChI is InChI=1S/C11H10N2O4.C8H6Br2N2O.C8H8N2O.C6H4Br2N2O3.C6H5Br2NO.C6H12N2O.C5H3Br2NO.C5H5NO.H2/c1-16-8-5-12-4-7-9(8)6(3-13-7)10(14)11(15)17-2;1-13-6-4-2-3-11-5(4)7(9)12-8(6)10;1-11-8-5-9-4-7-6(8)2-3-10-7;1-13-4-2-3(10(11)12)5(7)9-6(4)8;1-10-4-2-3-5(7)9-6(4)8;1-6(9)8-4-2-7-3-5-8;6-4-2-1-3(9)5(7)8-4;7-5-2-1-3-6-4-5;/h3-5,13H,1-2H3;2-3,11H,1H3;2-5,10H,1H3;2H,1H3;2-3H,1H3;7H,2-5H2,1H3;1-2,9H;1-4,7H;1H/i;;;;;;;;1+1. The van der Waals surface area contributed by atoms with E-state index in [0.29, 0.717) is 45.4 Å². The van der Waals surface area contributed by atoms with Crippen molar-refractivity contribution in [2.75, 3.05) is 68.8 Å². The number of rotatable bonds is 8. The van der Waals surface area contributed by atoms with E-state index in [1.807, 2.05) is 41.6 Å². The molecule has 474 valence electrons. The molecular formula is C55H55Br8N13O13. The van der Waals surface area contributed by atoms with Crippen molar-refractivity contribution in [3.63, 3.8) is 0 Å². The van der Waals surface area contributed by atoms with Gasteiger partial charge in [-0.25, -0.2) is 24.7 Å². The lowest BCUT2D eigenvalue weighted by molar-refractivity contribution is -0.386. The number of nitrogens with one attached hydrogen (secondary N) is 4. The van der Waals surface area contributed by atoms with Gasteiger partial charge in [0.2, 0.25) is 5.91 Å². The van der Waals surface area contributed by atoms with Crippen LogP contribution >= 0.6 is 127 Å². The highest BCUT2D eigenvalue weighted by Gasteiger charge is 2.23. The molecule has 1 fully saturated rings. The van der Waals surface area contributed by atoms with Crippen molar-refractivity contribution in [3.8, 4) is 40.2 Å². The molecule has 11 rings (SSSR count). The van der Waals surface area contributed by atoms with Crippen LogP contribution in [0.25, 0.3) is 32.7 Å². The summed E-state index contributed by atoms with van der Waals surface area (Å²) in [6, 6.07) is 15.3. The Bertz CT molecular complexity index is 3940. The molecule has 0 atom stereocenters. The Morgan fingerprint density at radius 1 is 0.607 bits per heavy atom. The number of fused-ring (bicyclic) bond motifs is 3. The number of nitro groups is 1. The van der Waals surface area contributed by atoms with Gasteiger partial charge in [-0.1, -0.05) is 0 Å². The quantitative estimate of drug-likeness (QED) is 0.0205. The van der Waals surface area contributed by atoms with Crippen molar-refractivity contribution in [2.24, 2.45) is 0 Å². The molecule has 0 aromatic carbocycles. The molecule has 0 saturated carbocycles. The Morgan fingerprint density at radius 3 is 1.72 bits per heavy atom. The van der Waals surface area contributed by atoms with Gasteiger partial charge >= 0.3 is 11.7 Å². The number of ether oxygens (including phenoxy) is 6. The summed E-state index contributed by atoms with van der Waals surface area (Å²) in [6.07, 6.45) is 14.7. The Balaban J connectivity index is 0.000000272. The number of amides is 1. The van der Waals surface area contributed by atoms with Gasteiger partial charge in [-0.05, 0) is 176 Å². The predicted molar refractivity (Wildman–Crippen MR) is 363 cm³/mol. The lowest BCUT2D eigenvalue weighted by Crippen LogP contribution is -2.45. The van der Waals surface area contributed by atoms with Crippen molar-refractivity contribution in [1.82, 2.24) is 60.1 Å². The normalized spacial score (nSPS) is 10.9. The number of Topliss-reactive ketones (excluding diaryl/α,β-unsaturated/α-hetero) is 1. The van der Waals surface area contributed by atoms with E-state index in [9.17, 15) is 24.5 Å². The number of H-pyrrole nitrogens is 3. The fraction of sp³-hybridized carbons (Fsp3) is 0.200. The number of aromatic hydroxyl groups is 2. The maximum absolute atomic E-state index is 11.7. The molecular weight excluding hydrogens is 1690 g/mol. The van der Waals surface area contributed by atoms with E-state index in [4.69, 9.17) is 33.9 Å². The molecule has 0 spiro atoms. The molecule has 0 bridgehead atoms. The number of halogens is 8. The summed E-state index contributed by atoms with van der Waals surface area (Å²) in [5, 5.41) is 33.7. The number of aromatic nitrogens is 10. The third-order valence-electron chi connectivity index (χ3n) is 11.1. The van der Waals surface area contributed by atoms with Gasteiger partial charge in [0.1, 0.15) is 55.2 Å². The minimum absolute atomic E-state index is 0. The smallest absolute Gasteiger partial charge is 0.379 e. The molecule has 0 unspecified atom stereocenters. The fourth-order valence-corrected chi connectivity index (χ4v) is 11.3. The second kappa shape index (κ2) is 38.6. The zero-order valence-corrected chi connectivity index (χ0v) is 60.3. The first kappa shape index (κ1) is 74.5. The van der Waals surface area contributed by atoms with E-state index in [2.05, 4.69) is 187 Å². The van der Waals surface area contributed by atoms with Gasteiger partial charge < -0.3 is 63.8 Å². The molecule has 1 amide bonds. The van der Waals surface area contributed by atoms with Gasteiger partial charge in [0.25, 0.3) is 5.78 Å². The van der Waals surface area contributed by atoms with Crippen molar-refractivity contribution in [2.45, 2.75) is 6.92 Å². The maximum Gasteiger partial charge on any atom is 0.379 e. The van der Waals surface area contributed by atoms with Crippen LogP contribution in [0.4, 0.5) is 5.69 Å². The van der Waals surface area contributed by atoms with Crippen molar-refractivity contribution in [1.29, 1.82) is 0 Å². The highest BCUT2D eigenvalue weighted by molar-refractivity contribution is 9.12. The van der Waals surface area contributed by atoms with Crippen molar-refractivity contribution < 1.29 is 59.4 Å². The third-order valence-corrected chi connectivity index (χ3v) is 15.4. The number of esters is 1. The molecule has 10 aromatic rings. The molecule has 26 nitrogen and oxygen atoms in total. The van der Waals surface area contributed by atoms with Crippen LogP contribution in [-0.4, -0.2) is 156 Å². The van der Waals surface area contributed by atoms with Crippen LogP contribution < -0.4 is 29.0 Å². The number of hydrogen-bond acceptors (Lipinski definition) is 21. The molecule has 1 aliphatic heterocycles. The number of hydrogen-bond donors (Lipinski definition) is 6. The lowest BCUT2D eigenvalue weighted by atomic mass is 10.1. The van der Waals surface area contributed by atoms with Crippen LogP contribution in [0.1, 0.15) is 18.7 Å². The Hall–Kier alpha value is -6.92. The second-order valence-corrected chi connectivity index (χ2v) is 22.8. The predicted octanol–water partition coefficient (Wildman–Crippen LogP) is 13.5. The van der Waals surface area contributed by atoms with Crippen molar-refractivity contribution >= 4 is 183 Å². The molecule has 0 aliphatic carbocycles. The second-order valence-electron chi connectivity index (χ2n) is 16.6. The van der Waals surface area contributed by atoms with Gasteiger partial charge in [-0.15, -0.1) is 0 Å². The number of carbonyl (C=O) groups excluding carboxylic acids is 3. The van der Waals surface area contributed by atoms with Gasteiger partial charge in [0, 0.05) is 70.1 Å². The Morgan fingerprint density at radius 2 is 1.19 bits per heavy atom. The van der Waals surface area contributed by atoms with Crippen LogP contribution in [0, 0.1) is 10.1 Å². The first-order valence-electron chi connectivity index (χ1n) is 24.9. The number of aromatic amines is 3. The average Bonchev–Trinajstić information content (AvgIpc) is 1.84. The number of pyridine rings is 7. The van der Waals surface area contributed by atoms with Crippen LogP contribution in [0.3, 0.4) is 0 Å². The SMILES string of the molecule is CC(=O)N1CCNCC1.COC(=O)C(=O)c1c[nH]c2cncc(OC)c12.COc1c(Br)nc(Br)c2[nH]ccc12.COc1cc([N+](=O)[O-])c(Br)nc1Br.COc1ccc(Br)nc1Br.COc1cncc2[nH]ccc12.Oc1ccc(Br)nc1Br.Oc1cccnc1.[2HH]. The van der Waals surface area contributed by atoms with Gasteiger partial charge in [-0.2, -0.15) is 0 Å².